The van der Waals surface area contributed by atoms with E-state index in [1.807, 2.05) is 26.1 Å². The number of likely N-dealkylation sites (N-methyl/N-ethyl adjacent to an activating group) is 1. The van der Waals surface area contributed by atoms with Gasteiger partial charge in [0, 0.05) is 15.0 Å². The van der Waals surface area contributed by atoms with E-state index in [0.29, 0.717) is 6.42 Å². The van der Waals surface area contributed by atoms with Gasteiger partial charge in [0.2, 0.25) is 0 Å². The van der Waals surface area contributed by atoms with Crippen molar-refractivity contribution in [3.05, 3.63) is 67.9 Å². The maximum Gasteiger partial charge on any atom is 0.126 e. The summed E-state index contributed by atoms with van der Waals surface area (Å²) in [7, 11) is 1.89. The summed E-state index contributed by atoms with van der Waals surface area (Å²) in [6.07, 6.45) is 0.608. The number of nitrogens with one attached hydrogen (secondary N) is 1. The monoisotopic (exact) mass is 399 g/mol. The molecule has 0 aromatic heterocycles. The summed E-state index contributed by atoms with van der Waals surface area (Å²) in [5, 5.41) is 3.26. The Bertz CT molecular complexity index is 613. The van der Waals surface area contributed by atoms with Gasteiger partial charge in [0.25, 0.3) is 0 Å². The van der Waals surface area contributed by atoms with Crippen LogP contribution in [0.5, 0.6) is 0 Å². The van der Waals surface area contributed by atoms with Gasteiger partial charge in [-0.25, -0.2) is 4.39 Å². The molecule has 0 amide bonds. The Morgan fingerprint density at radius 3 is 2.50 bits per heavy atom. The molecule has 0 bridgehead atoms. The largest absolute Gasteiger partial charge is 0.313 e. The fourth-order valence-electron chi connectivity index (χ4n) is 2.18. The highest BCUT2D eigenvalue weighted by molar-refractivity contribution is 9.11. The van der Waals surface area contributed by atoms with Gasteiger partial charge in [-0.1, -0.05) is 50.1 Å². The lowest BCUT2D eigenvalue weighted by molar-refractivity contribution is 0.553. The van der Waals surface area contributed by atoms with Gasteiger partial charge in [-0.2, -0.15) is 0 Å². The molecular weight excluding hydrogens is 385 g/mol. The van der Waals surface area contributed by atoms with Gasteiger partial charge in [-0.3, -0.25) is 0 Å². The number of aryl methyl sites for hydroxylation is 1. The molecular formula is C16H16Br2FN. The highest BCUT2D eigenvalue weighted by Gasteiger charge is 2.16. The van der Waals surface area contributed by atoms with Crippen LogP contribution in [0.15, 0.2) is 45.3 Å². The third kappa shape index (κ3) is 3.48. The first-order chi connectivity index (χ1) is 9.52. The first kappa shape index (κ1) is 15.7. The molecule has 0 aliphatic heterocycles. The molecule has 0 aliphatic carbocycles. The highest BCUT2D eigenvalue weighted by atomic mass is 79.9. The van der Waals surface area contributed by atoms with Crippen LogP contribution >= 0.6 is 31.9 Å². The van der Waals surface area contributed by atoms with Crippen molar-refractivity contribution < 1.29 is 4.39 Å². The Morgan fingerprint density at radius 2 is 1.85 bits per heavy atom. The zero-order valence-corrected chi connectivity index (χ0v) is 14.6. The molecule has 1 unspecified atom stereocenters. The van der Waals surface area contributed by atoms with Crippen molar-refractivity contribution in [3.63, 3.8) is 0 Å². The SMILES string of the molecule is CNC(Cc1ccccc1F)c1cc(Br)c(C)cc1Br. The average molecular weight is 401 g/mol. The summed E-state index contributed by atoms with van der Waals surface area (Å²) in [6.45, 7) is 2.05. The van der Waals surface area contributed by atoms with Crippen LogP contribution in [-0.4, -0.2) is 7.05 Å². The van der Waals surface area contributed by atoms with Crippen LogP contribution in [0, 0.1) is 12.7 Å². The average Bonchev–Trinajstić information content (AvgIpc) is 2.42. The van der Waals surface area contributed by atoms with E-state index in [2.05, 4.69) is 49.3 Å². The molecule has 1 N–H and O–H groups in total. The second-order valence-electron chi connectivity index (χ2n) is 4.76. The van der Waals surface area contributed by atoms with Crippen molar-refractivity contribution in [2.24, 2.45) is 0 Å². The molecule has 0 fully saturated rings. The predicted molar refractivity (Wildman–Crippen MR) is 88.5 cm³/mol. The van der Waals surface area contributed by atoms with Crippen molar-refractivity contribution in [3.8, 4) is 0 Å². The summed E-state index contributed by atoms with van der Waals surface area (Å²) in [6, 6.07) is 11.1. The number of benzene rings is 2. The fourth-order valence-corrected chi connectivity index (χ4v) is 3.28. The zero-order valence-electron chi connectivity index (χ0n) is 11.4. The van der Waals surface area contributed by atoms with Gasteiger partial charge in [0.1, 0.15) is 5.82 Å². The van der Waals surface area contributed by atoms with Crippen LogP contribution in [-0.2, 0) is 6.42 Å². The summed E-state index contributed by atoms with van der Waals surface area (Å²) < 4.78 is 15.9. The van der Waals surface area contributed by atoms with E-state index in [1.165, 1.54) is 11.6 Å². The van der Waals surface area contributed by atoms with E-state index >= 15 is 0 Å². The van der Waals surface area contributed by atoms with Crippen LogP contribution < -0.4 is 5.32 Å². The maximum atomic E-state index is 13.8. The van der Waals surface area contributed by atoms with E-state index in [0.717, 1.165) is 20.1 Å². The molecule has 2 aromatic rings. The number of rotatable bonds is 4. The first-order valence-corrected chi connectivity index (χ1v) is 7.97. The lowest BCUT2D eigenvalue weighted by atomic mass is 9.98. The smallest absolute Gasteiger partial charge is 0.126 e. The standard InChI is InChI=1S/C16H16Br2FN/c1-10-7-14(18)12(9-13(10)17)16(20-2)8-11-5-3-4-6-15(11)19/h3-7,9,16,20H,8H2,1-2H3. The van der Waals surface area contributed by atoms with Crippen LogP contribution in [0.1, 0.15) is 22.7 Å². The highest BCUT2D eigenvalue weighted by Crippen LogP contribution is 2.31. The summed E-state index contributed by atoms with van der Waals surface area (Å²) in [5.74, 6) is -0.157. The van der Waals surface area contributed by atoms with Crippen molar-refractivity contribution in [2.45, 2.75) is 19.4 Å². The van der Waals surface area contributed by atoms with Crippen molar-refractivity contribution >= 4 is 31.9 Å². The normalized spacial score (nSPS) is 12.4. The van der Waals surface area contributed by atoms with Crippen LogP contribution in [0.25, 0.3) is 0 Å². The van der Waals surface area contributed by atoms with E-state index in [-0.39, 0.29) is 11.9 Å². The van der Waals surface area contributed by atoms with Gasteiger partial charge < -0.3 is 5.32 Å². The second-order valence-corrected chi connectivity index (χ2v) is 6.47. The van der Waals surface area contributed by atoms with E-state index in [9.17, 15) is 4.39 Å². The molecule has 2 rings (SSSR count). The predicted octanol–water partition coefficient (Wildman–Crippen LogP) is 5.16. The molecule has 4 heteroatoms. The lowest BCUT2D eigenvalue weighted by Gasteiger charge is -2.20. The van der Waals surface area contributed by atoms with Crippen molar-refractivity contribution in [2.75, 3.05) is 7.05 Å². The number of hydrogen-bond acceptors (Lipinski definition) is 1. The van der Waals surface area contributed by atoms with Crippen LogP contribution in [0.2, 0.25) is 0 Å². The molecule has 1 nitrogen and oxygen atoms in total. The first-order valence-electron chi connectivity index (χ1n) is 6.39. The number of hydrogen-bond donors (Lipinski definition) is 1. The molecule has 0 radical (unpaired) electrons. The van der Waals surface area contributed by atoms with Crippen LogP contribution in [0.3, 0.4) is 0 Å². The second kappa shape index (κ2) is 6.83. The van der Waals surface area contributed by atoms with E-state index in [4.69, 9.17) is 0 Å². The Labute approximate surface area is 135 Å². The summed E-state index contributed by atoms with van der Waals surface area (Å²) >= 11 is 7.15. The third-order valence-electron chi connectivity index (χ3n) is 3.38. The molecule has 0 spiro atoms. The molecule has 0 saturated heterocycles. The Morgan fingerprint density at radius 1 is 1.15 bits per heavy atom. The van der Waals surface area contributed by atoms with Crippen molar-refractivity contribution in [1.82, 2.24) is 5.32 Å². The summed E-state index contributed by atoms with van der Waals surface area (Å²) in [4.78, 5) is 0. The number of halogens is 3. The topological polar surface area (TPSA) is 12.0 Å². The minimum atomic E-state index is -0.157. The van der Waals surface area contributed by atoms with Gasteiger partial charge >= 0.3 is 0 Å². The minimum Gasteiger partial charge on any atom is -0.313 e. The van der Waals surface area contributed by atoms with E-state index < -0.39 is 0 Å². The Kier molecular flexibility index (Phi) is 5.35. The van der Waals surface area contributed by atoms with Crippen molar-refractivity contribution in [1.29, 1.82) is 0 Å². The fraction of sp³-hybridized carbons (Fsp3) is 0.250. The van der Waals surface area contributed by atoms with Gasteiger partial charge in [0.05, 0.1) is 0 Å². The van der Waals surface area contributed by atoms with Gasteiger partial charge in [-0.15, -0.1) is 0 Å². The van der Waals surface area contributed by atoms with Gasteiger partial charge in [-0.05, 0) is 55.3 Å². The molecule has 0 heterocycles. The minimum absolute atomic E-state index is 0.0539. The maximum absolute atomic E-state index is 13.8. The molecule has 1 atom stereocenters. The Hall–Kier alpha value is -0.710. The summed E-state index contributed by atoms with van der Waals surface area (Å²) in [5.41, 5.74) is 3.00. The molecule has 106 valence electrons. The zero-order chi connectivity index (χ0) is 14.7. The lowest BCUT2D eigenvalue weighted by Crippen LogP contribution is -2.20. The third-order valence-corrected chi connectivity index (χ3v) is 4.92. The Balaban J connectivity index is 2.34. The quantitative estimate of drug-likeness (QED) is 0.747. The molecule has 2 aromatic carbocycles. The molecule has 0 saturated carbocycles. The van der Waals surface area contributed by atoms with Gasteiger partial charge in [0.15, 0.2) is 0 Å². The van der Waals surface area contributed by atoms with Crippen LogP contribution in [0.4, 0.5) is 4.39 Å². The molecule has 20 heavy (non-hydrogen) atoms. The van der Waals surface area contributed by atoms with E-state index in [1.54, 1.807) is 6.07 Å². The molecule has 0 aliphatic rings.